The van der Waals surface area contributed by atoms with Crippen molar-refractivity contribution in [2.75, 3.05) is 0 Å². The van der Waals surface area contributed by atoms with E-state index in [-0.39, 0.29) is 5.63 Å². The molecule has 0 aliphatic carbocycles. The SMILES string of the molecule is Cc1ccc2c(CSc3nnc(-c4ccoc4C)n3-c3ccccc3)cc(=O)oc2c1C. The van der Waals surface area contributed by atoms with Crippen molar-refractivity contribution in [1.82, 2.24) is 14.8 Å². The molecule has 6 nitrogen and oxygen atoms in total. The smallest absolute Gasteiger partial charge is 0.336 e. The van der Waals surface area contributed by atoms with Gasteiger partial charge in [-0.3, -0.25) is 4.57 Å². The van der Waals surface area contributed by atoms with Crippen LogP contribution in [0, 0.1) is 20.8 Å². The van der Waals surface area contributed by atoms with E-state index >= 15 is 0 Å². The number of fused-ring (bicyclic) bond motifs is 1. The van der Waals surface area contributed by atoms with Crippen molar-refractivity contribution in [2.45, 2.75) is 31.7 Å². The summed E-state index contributed by atoms with van der Waals surface area (Å²) in [5.41, 5.74) is 5.14. The van der Waals surface area contributed by atoms with Crippen LogP contribution < -0.4 is 5.63 Å². The van der Waals surface area contributed by atoms with Gasteiger partial charge in [0.05, 0.1) is 11.8 Å². The Morgan fingerprint density at radius 3 is 2.56 bits per heavy atom. The standard InChI is InChI=1S/C25H21N3O3S/c1-15-9-10-21-18(13-22(29)31-23(21)16(15)2)14-32-25-27-26-24(20-11-12-30-17(20)3)28(25)19-7-5-4-6-8-19/h4-13H,14H2,1-3H3. The lowest BCUT2D eigenvalue weighted by Gasteiger charge is -2.11. The van der Waals surface area contributed by atoms with Crippen molar-refractivity contribution in [3.05, 3.63) is 93.7 Å². The molecule has 32 heavy (non-hydrogen) atoms. The number of rotatable bonds is 5. The Bertz CT molecular complexity index is 1480. The molecule has 0 spiro atoms. The second kappa shape index (κ2) is 8.16. The van der Waals surface area contributed by atoms with E-state index in [0.717, 1.165) is 44.2 Å². The first-order chi connectivity index (χ1) is 15.5. The zero-order valence-corrected chi connectivity index (χ0v) is 18.8. The summed E-state index contributed by atoms with van der Waals surface area (Å²) >= 11 is 1.53. The highest BCUT2D eigenvalue weighted by Gasteiger charge is 2.19. The van der Waals surface area contributed by atoms with Crippen molar-refractivity contribution in [1.29, 1.82) is 0 Å². The van der Waals surface area contributed by atoms with Crippen LogP contribution in [0.1, 0.15) is 22.5 Å². The highest BCUT2D eigenvalue weighted by Crippen LogP contribution is 2.33. The Labute approximate surface area is 188 Å². The van der Waals surface area contributed by atoms with Crippen LogP contribution in [0.3, 0.4) is 0 Å². The lowest BCUT2D eigenvalue weighted by Crippen LogP contribution is -2.03. The lowest BCUT2D eigenvalue weighted by atomic mass is 10.0. The molecule has 7 heteroatoms. The van der Waals surface area contributed by atoms with E-state index in [1.54, 1.807) is 12.3 Å². The second-order valence-corrected chi connectivity index (χ2v) is 8.57. The lowest BCUT2D eigenvalue weighted by molar-refractivity contribution is 0.535. The third-order valence-electron chi connectivity index (χ3n) is 5.62. The summed E-state index contributed by atoms with van der Waals surface area (Å²) < 4.78 is 13.0. The summed E-state index contributed by atoms with van der Waals surface area (Å²) in [6, 6.07) is 17.5. The molecule has 160 valence electrons. The molecule has 5 aromatic rings. The topological polar surface area (TPSA) is 74.1 Å². The van der Waals surface area contributed by atoms with Gasteiger partial charge in [0.25, 0.3) is 0 Å². The Kier molecular flexibility index (Phi) is 5.19. The van der Waals surface area contributed by atoms with E-state index < -0.39 is 0 Å². The quantitative estimate of drug-likeness (QED) is 0.251. The number of thioether (sulfide) groups is 1. The summed E-state index contributed by atoms with van der Waals surface area (Å²) in [5, 5.41) is 10.6. The maximum Gasteiger partial charge on any atom is 0.336 e. The minimum atomic E-state index is -0.346. The van der Waals surface area contributed by atoms with Gasteiger partial charge in [0.1, 0.15) is 11.3 Å². The molecule has 3 aromatic heterocycles. The number of hydrogen-bond donors (Lipinski definition) is 0. The van der Waals surface area contributed by atoms with Gasteiger partial charge < -0.3 is 8.83 Å². The van der Waals surface area contributed by atoms with Crippen LogP contribution in [0.2, 0.25) is 0 Å². The normalized spacial score (nSPS) is 11.3. The average Bonchev–Trinajstić information content (AvgIpc) is 3.41. The molecular weight excluding hydrogens is 422 g/mol. The summed E-state index contributed by atoms with van der Waals surface area (Å²) in [7, 11) is 0. The molecule has 0 unspecified atom stereocenters. The highest BCUT2D eigenvalue weighted by molar-refractivity contribution is 7.98. The zero-order chi connectivity index (χ0) is 22.2. The molecule has 0 N–H and O–H groups in total. The number of aromatic nitrogens is 3. The fourth-order valence-electron chi connectivity index (χ4n) is 3.75. The van der Waals surface area contributed by atoms with Gasteiger partial charge in [-0.1, -0.05) is 42.1 Å². The summed E-state index contributed by atoms with van der Waals surface area (Å²) in [6.45, 7) is 5.90. The zero-order valence-electron chi connectivity index (χ0n) is 18.0. The first kappa shape index (κ1) is 20.3. The maximum absolute atomic E-state index is 12.2. The van der Waals surface area contributed by atoms with E-state index in [4.69, 9.17) is 8.83 Å². The summed E-state index contributed by atoms with van der Waals surface area (Å²) in [6.07, 6.45) is 1.65. The predicted molar refractivity (Wildman–Crippen MR) is 125 cm³/mol. The molecule has 0 saturated carbocycles. The number of nitrogens with zero attached hydrogens (tertiary/aromatic N) is 3. The number of aryl methyl sites for hydroxylation is 3. The number of furan rings is 1. The average molecular weight is 444 g/mol. The van der Waals surface area contributed by atoms with E-state index in [9.17, 15) is 4.79 Å². The highest BCUT2D eigenvalue weighted by atomic mass is 32.2. The fourth-order valence-corrected chi connectivity index (χ4v) is 4.69. The Morgan fingerprint density at radius 1 is 1.00 bits per heavy atom. The van der Waals surface area contributed by atoms with Crippen LogP contribution in [0.15, 0.2) is 79.6 Å². The first-order valence-corrected chi connectivity index (χ1v) is 11.2. The van der Waals surface area contributed by atoms with Crippen LogP contribution in [0.5, 0.6) is 0 Å². The van der Waals surface area contributed by atoms with E-state index in [0.29, 0.717) is 17.2 Å². The molecule has 0 saturated heterocycles. The third kappa shape index (κ3) is 3.54. The van der Waals surface area contributed by atoms with Gasteiger partial charge in [-0.05, 0) is 55.7 Å². The van der Waals surface area contributed by atoms with Gasteiger partial charge in [0.15, 0.2) is 11.0 Å². The Morgan fingerprint density at radius 2 is 1.81 bits per heavy atom. The maximum atomic E-state index is 12.2. The monoisotopic (exact) mass is 443 g/mol. The van der Waals surface area contributed by atoms with Crippen molar-refractivity contribution < 1.29 is 8.83 Å². The van der Waals surface area contributed by atoms with Crippen molar-refractivity contribution >= 4 is 22.7 Å². The van der Waals surface area contributed by atoms with Gasteiger partial charge in [0.2, 0.25) is 0 Å². The number of hydrogen-bond acceptors (Lipinski definition) is 6. The van der Waals surface area contributed by atoms with Crippen LogP contribution in [-0.2, 0) is 5.75 Å². The van der Waals surface area contributed by atoms with Gasteiger partial charge in [-0.15, -0.1) is 10.2 Å². The van der Waals surface area contributed by atoms with Crippen LogP contribution in [0.25, 0.3) is 28.0 Å². The first-order valence-electron chi connectivity index (χ1n) is 10.2. The summed E-state index contributed by atoms with van der Waals surface area (Å²) in [5.74, 6) is 2.05. The molecule has 2 aromatic carbocycles. The van der Waals surface area contributed by atoms with Gasteiger partial charge in [-0.2, -0.15) is 0 Å². The molecule has 5 rings (SSSR count). The molecule has 0 atom stereocenters. The molecule has 0 fully saturated rings. The summed E-state index contributed by atoms with van der Waals surface area (Å²) in [4.78, 5) is 12.2. The third-order valence-corrected chi connectivity index (χ3v) is 6.60. The largest absolute Gasteiger partial charge is 0.469 e. The molecule has 0 bridgehead atoms. The Hall–Kier alpha value is -3.58. The predicted octanol–water partition coefficient (Wildman–Crippen LogP) is 5.85. The Balaban J connectivity index is 1.58. The van der Waals surface area contributed by atoms with Gasteiger partial charge >= 0.3 is 5.63 Å². The molecule has 0 radical (unpaired) electrons. The second-order valence-electron chi connectivity index (χ2n) is 7.63. The van der Waals surface area contributed by atoms with Crippen molar-refractivity contribution in [3.8, 4) is 17.1 Å². The molecular formula is C25H21N3O3S. The van der Waals surface area contributed by atoms with Crippen LogP contribution in [-0.4, -0.2) is 14.8 Å². The molecule has 3 heterocycles. The van der Waals surface area contributed by atoms with E-state index in [1.807, 2.05) is 67.8 Å². The van der Waals surface area contributed by atoms with Gasteiger partial charge in [-0.25, -0.2) is 4.79 Å². The van der Waals surface area contributed by atoms with Crippen LogP contribution in [0.4, 0.5) is 0 Å². The van der Waals surface area contributed by atoms with Gasteiger partial charge in [0, 0.05) is 22.9 Å². The molecule has 0 aliphatic heterocycles. The number of benzene rings is 2. The van der Waals surface area contributed by atoms with E-state index in [2.05, 4.69) is 16.3 Å². The molecule has 0 amide bonds. The minimum absolute atomic E-state index is 0.346. The van der Waals surface area contributed by atoms with E-state index in [1.165, 1.54) is 11.8 Å². The van der Waals surface area contributed by atoms with Crippen molar-refractivity contribution in [3.63, 3.8) is 0 Å². The molecule has 0 aliphatic rings. The van der Waals surface area contributed by atoms with Crippen LogP contribution >= 0.6 is 11.8 Å². The fraction of sp³-hybridized carbons (Fsp3) is 0.160. The minimum Gasteiger partial charge on any atom is -0.469 e. The van der Waals surface area contributed by atoms with Crippen molar-refractivity contribution in [2.24, 2.45) is 0 Å². The number of para-hydroxylation sites is 1.